The van der Waals surface area contributed by atoms with Gasteiger partial charge in [-0.1, -0.05) is 13.8 Å². The summed E-state index contributed by atoms with van der Waals surface area (Å²) in [4.78, 5) is 25.4. The number of ether oxygens (including phenoxy) is 3. The van der Waals surface area contributed by atoms with E-state index >= 15 is 0 Å². The van der Waals surface area contributed by atoms with E-state index < -0.39 is 34.3 Å². The van der Waals surface area contributed by atoms with Crippen molar-refractivity contribution in [2.75, 3.05) is 6.61 Å². The van der Waals surface area contributed by atoms with Gasteiger partial charge in [-0.15, -0.1) is 0 Å². The molecule has 4 unspecified atom stereocenters. The summed E-state index contributed by atoms with van der Waals surface area (Å²) >= 11 is 0. The largest absolute Gasteiger partial charge is 0.456 e. The van der Waals surface area contributed by atoms with Crippen LogP contribution in [0.1, 0.15) is 91.4 Å². The molecule has 0 aliphatic heterocycles. The monoisotopic (exact) mass is 510 g/mol. The molecule has 1 N–H and O–H groups in total. The molecule has 0 aromatic rings. The average molecular weight is 511 g/mol. The molecule has 0 heterocycles. The maximum Gasteiger partial charge on any atom is 0.377 e. The summed E-state index contributed by atoms with van der Waals surface area (Å²) < 4.78 is 45.4. The SMILES string of the molecule is CC(C)C1(OC(=O)COC23CC4CC(O)(C2)CC(OC(=O)C(C)(F)F)(C4)C3)C2CC3CC(C2)CC1C3. The molecule has 0 spiro atoms. The highest BCUT2D eigenvalue weighted by molar-refractivity contribution is 5.77. The summed E-state index contributed by atoms with van der Waals surface area (Å²) in [7, 11) is 0. The van der Waals surface area contributed by atoms with Crippen molar-refractivity contribution in [3.8, 4) is 0 Å². The molecule has 0 amide bonds. The second-order valence-electron chi connectivity index (χ2n) is 14.0. The number of alkyl halides is 2. The van der Waals surface area contributed by atoms with Crippen LogP contribution in [0.25, 0.3) is 0 Å². The van der Waals surface area contributed by atoms with Gasteiger partial charge in [-0.2, -0.15) is 8.78 Å². The summed E-state index contributed by atoms with van der Waals surface area (Å²) in [5, 5.41) is 11.3. The molecule has 36 heavy (non-hydrogen) atoms. The fourth-order valence-electron chi connectivity index (χ4n) is 10.4. The molecule has 6 nitrogen and oxygen atoms in total. The lowest BCUT2D eigenvalue weighted by Gasteiger charge is -2.63. The molecule has 0 aromatic heterocycles. The van der Waals surface area contributed by atoms with E-state index in [1.165, 1.54) is 6.42 Å². The molecule has 8 saturated carbocycles. The van der Waals surface area contributed by atoms with Crippen LogP contribution in [0, 0.1) is 35.5 Å². The van der Waals surface area contributed by atoms with E-state index in [1.807, 2.05) is 0 Å². The van der Waals surface area contributed by atoms with E-state index in [1.54, 1.807) is 0 Å². The van der Waals surface area contributed by atoms with Crippen LogP contribution < -0.4 is 0 Å². The zero-order valence-corrected chi connectivity index (χ0v) is 21.7. The molecule has 0 aromatic carbocycles. The highest BCUT2D eigenvalue weighted by Gasteiger charge is 2.66. The van der Waals surface area contributed by atoms with Gasteiger partial charge in [-0.3, -0.25) is 0 Å². The van der Waals surface area contributed by atoms with Crippen molar-refractivity contribution in [2.24, 2.45) is 35.5 Å². The topological polar surface area (TPSA) is 82.1 Å². The minimum absolute atomic E-state index is 0.00742. The molecule has 8 bridgehead atoms. The lowest BCUT2D eigenvalue weighted by Crippen LogP contribution is -2.68. The molecule has 8 rings (SSSR count). The molecule has 8 heteroatoms. The van der Waals surface area contributed by atoms with Gasteiger partial charge in [0.25, 0.3) is 0 Å². The molecule has 202 valence electrons. The Kier molecular flexibility index (Phi) is 5.47. The van der Waals surface area contributed by atoms with Crippen LogP contribution in [0.4, 0.5) is 8.78 Å². The van der Waals surface area contributed by atoms with Gasteiger partial charge in [0, 0.05) is 26.2 Å². The van der Waals surface area contributed by atoms with E-state index in [0.29, 0.717) is 44.4 Å². The minimum Gasteiger partial charge on any atom is -0.456 e. The van der Waals surface area contributed by atoms with Crippen LogP contribution in [0.3, 0.4) is 0 Å². The predicted octanol–water partition coefficient (Wildman–Crippen LogP) is 4.80. The van der Waals surface area contributed by atoms with Crippen molar-refractivity contribution in [1.29, 1.82) is 0 Å². The van der Waals surface area contributed by atoms with Gasteiger partial charge in [0.15, 0.2) is 0 Å². The van der Waals surface area contributed by atoms with E-state index in [-0.39, 0.29) is 37.3 Å². The number of halogens is 2. The highest BCUT2D eigenvalue weighted by atomic mass is 19.3. The molecule has 8 aliphatic carbocycles. The second-order valence-corrected chi connectivity index (χ2v) is 14.0. The van der Waals surface area contributed by atoms with E-state index in [2.05, 4.69) is 13.8 Å². The molecular weight excluding hydrogens is 470 g/mol. The number of hydrogen-bond donors (Lipinski definition) is 1. The van der Waals surface area contributed by atoms with Crippen LogP contribution in [0.15, 0.2) is 0 Å². The Morgan fingerprint density at radius 2 is 1.47 bits per heavy atom. The quantitative estimate of drug-likeness (QED) is 0.496. The van der Waals surface area contributed by atoms with Gasteiger partial charge >= 0.3 is 17.9 Å². The molecule has 8 aliphatic rings. The van der Waals surface area contributed by atoms with Gasteiger partial charge in [0.2, 0.25) is 0 Å². The molecule has 8 fully saturated rings. The number of hydrogen-bond acceptors (Lipinski definition) is 6. The fourth-order valence-corrected chi connectivity index (χ4v) is 10.4. The Labute approximate surface area is 211 Å². The van der Waals surface area contributed by atoms with E-state index in [4.69, 9.17) is 14.2 Å². The van der Waals surface area contributed by atoms with E-state index in [9.17, 15) is 23.5 Å². The lowest BCUT2D eigenvalue weighted by atomic mass is 9.47. The number of carbonyl (C=O) groups is 2. The third-order valence-electron chi connectivity index (χ3n) is 10.7. The lowest BCUT2D eigenvalue weighted by molar-refractivity contribution is -0.281. The molecule has 4 atom stereocenters. The van der Waals surface area contributed by atoms with Crippen molar-refractivity contribution in [1.82, 2.24) is 0 Å². The fraction of sp³-hybridized carbons (Fsp3) is 0.929. The summed E-state index contributed by atoms with van der Waals surface area (Å²) in [5.74, 6) is -3.02. The molecule has 0 saturated heterocycles. The minimum atomic E-state index is -3.60. The summed E-state index contributed by atoms with van der Waals surface area (Å²) in [6.45, 7) is 4.61. The van der Waals surface area contributed by atoms with Gasteiger partial charge in [-0.25, -0.2) is 9.59 Å². The van der Waals surface area contributed by atoms with Crippen LogP contribution in [-0.2, 0) is 23.8 Å². The standard InChI is InChI=1S/C28H40F2O6/c1-16(2)28(20-5-17-4-18(7-20)8-21(28)6-17)35-22(31)12-34-26-10-19-9-25(33,13-26)14-27(11-19,15-26)36-23(32)24(3,29)30/h16-21,33H,4-15H2,1-3H3. The maximum atomic E-state index is 13.7. The Bertz CT molecular complexity index is 917. The van der Waals surface area contributed by atoms with Crippen LogP contribution in [-0.4, -0.2) is 52.0 Å². The van der Waals surface area contributed by atoms with Crippen molar-refractivity contribution >= 4 is 11.9 Å². The first-order valence-electron chi connectivity index (χ1n) is 13.9. The van der Waals surface area contributed by atoms with Crippen molar-refractivity contribution in [3.05, 3.63) is 0 Å². The average Bonchev–Trinajstić information content (AvgIpc) is 2.71. The number of aliphatic hydroxyl groups is 1. The van der Waals surface area contributed by atoms with Crippen molar-refractivity contribution in [3.63, 3.8) is 0 Å². The van der Waals surface area contributed by atoms with Gasteiger partial charge in [0.05, 0.1) is 11.2 Å². The van der Waals surface area contributed by atoms with Crippen LogP contribution >= 0.6 is 0 Å². The number of carbonyl (C=O) groups excluding carboxylic acids is 2. The van der Waals surface area contributed by atoms with Crippen LogP contribution in [0.5, 0.6) is 0 Å². The Morgan fingerprint density at radius 3 is 2.03 bits per heavy atom. The highest BCUT2D eigenvalue weighted by Crippen LogP contribution is 2.63. The summed E-state index contributed by atoms with van der Waals surface area (Å²) in [6.07, 6.45) is 8.11. The zero-order valence-electron chi connectivity index (χ0n) is 21.7. The van der Waals surface area contributed by atoms with Crippen molar-refractivity contribution in [2.45, 2.75) is 120 Å². The van der Waals surface area contributed by atoms with Gasteiger partial charge in [-0.05, 0) is 86.9 Å². The summed E-state index contributed by atoms with van der Waals surface area (Å²) in [6, 6.07) is 0. The number of rotatable bonds is 7. The maximum absolute atomic E-state index is 13.7. The molecular formula is C28H40F2O6. The Balaban J connectivity index is 1.17. The Hall–Kier alpha value is -1.28. The normalized spacial score (nSPS) is 48.5. The first-order valence-corrected chi connectivity index (χ1v) is 13.9. The number of esters is 2. The smallest absolute Gasteiger partial charge is 0.377 e. The first-order chi connectivity index (χ1) is 16.7. The van der Waals surface area contributed by atoms with Gasteiger partial charge in [0.1, 0.15) is 17.8 Å². The Morgan fingerprint density at radius 1 is 0.889 bits per heavy atom. The third kappa shape index (κ3) is 3.91. The summed E-state index contributed by atoms with van der Waals surface area (Å²) in [5.41, 5.74) is -3.66. The van der Waals surface area contributed by atoms with Crippen LogP contribution in [0.2, 0.25) is 0 Å². The second kappa shape index (κ2) is 7.87. The molecule has 0 radical (unpaired) electrons. The predicted molar refractivity (Wildman–Crippen MR) is 125 cm³/mol. The first kappa shape index (κ1) is 25.0. The van der Waals surface area contributed by atoms with Gasteiger partial charge < -0.3 is 19.3 Å². The third-order valence-corrected chi connectivity index (χ3v) is 10.7. The zero-order chi connectivity index (χ0) is 25.7. The van der Waals surface area contributed by atoms with E-state index in [0.717, 1.165) is 37.5 Å². The van der Waals surface area contributed by atoms with Crippen molar-refractivity contribution < 1.29 is 37.7 Å².